The van der Waals surface area contributed by atoms with Crippen molar-refractivity contribution in [2.24, 2.45) is 0 Å². The van der Waals surface area contributed by atoms with Crippen LogP contribution in [0.15, 0.2) is 59.5 Å². The summed E-state index contributed by atoms with van der Waals surface area (Å²) in [5.41, 5.74) is 0.875. The number of hydrogen-bond donors (Lipinski definition) is 0. The number of carbonyl (C=O) groups is 2. The molecule has 0 aliphatic carbocycles. The van der Waals surface area contributed by atoms with E-state index in [-0.39, 0.29) is 10.6 Å². The Labute approximate surface area is 159 Å². The lowest BCUT2D eigenvalue weighted by Gasteiger charge is -2.14. The van der Waals surface area contributed by atoms with Gasteiger partial charge in [0.05, 0.1) is 19.1 Å². The molecular formula is C19H19NO6S. The Hall–Kier alpha value is -3.00. The highest BCUT2D eigenvalue weighted by molar-refractivity contribution is 8.18. The van der Waals surface area contributed by atoms with E-state index in [9.17, 15) is 19.7 Å². The van der Waals surface area contributed by atoms with Gasteiger partial charge in [0.2, 0.25) is 0 Å². The molecule has 2 aromatic rings. The van der Waals surface area contributed by atoms with E-state index in [4.69, 9.17) is 9.47 Å². The van der Waals surface area contributed by atoms with Gasteiger partial charge in [0.1, 0.15) is 0 Å². The van der Waals surface area contributed by atoms with E-state index in [0.717, 1.165) is 10.5 Å². The summed E-state index contributed by atoms with van der Waals surface area (Å²) in [7, 11) is 1.57. The highest BCUT2D eigenvalue weighted by atomic mass is 32.2. The Balaban J connectivity index is 2.41. The molecule has 0 spiro atoms. The number of benzene rings is 2. The molecule has 1 atom stereocenters. The molecule has 0 heterocycles. The number of nitro groups is 1. The molecule has 7 nitrogen and oxygen atoms in total. The third-order valence-corrected chi connectivity index (χ3v) is 6.04. The highest BCUT2D eigenvalue weighted by Crippen LogP contribution is 2.30. The van der Waals surface area contributed by atoms with E-state index in [2.05, 4.69) is 0 Å². The summed E-state index contributed by atoms with van der Waals surface area (Å²) in [6.07, 6.45) is 0.521. The van der Waals surface area contributed by atoms with Crippen molar-refractivity contribution in [1.82, 2.24) is 0 Å². The average Bonchev–Trinajstić information content (AvgIpc) is 2.71. The van der Waals surface area contributed by atoms with Crippen LogP contribution in [0.2, 0.25) is 0 Å². The standard InChI is InChI=1S/C19H19NO6S/c1-25-18(21)17(19(22)26-2)27(16-6-4-3-5-7-16)13-12-14-8-10-15(11-9-14)20(23)24/h3-11H,12-13H2,1-2H3. The van der Waals surface area contributed by atoms with E-state index < -0.39 is 27.3 Å². The van der Waals surface area contributed by atoms with Crippen molar-refractivity contribution in [1.29, 1.82) is 0 Å². The lowest BCUT2D eigenvalue weighted by Crippen LogP contribution is -2.27. The molecule has 142 valence electrons. The first-order valence-corrected chi connectivity index (χ1v) is 9.40. The van der Waals surface area contributed by atoms with Crippen LogP contribution in [-0.2, 0) is 25.5 Å². The van der Waals surface area contributed by atoms with Crippen molar-refractivity contribution in [3.05, 3.63) is 70.3 Å². The Bertz CT molecular complexity index is 844. The van der Waals surface area contributed by atoms with Crippen LogP contribution in [-0.4, -0.2) is 41.7 Å². The van der Waals surface area contributed by atoms with Gasteiger partial charge < -0.3 is 9.47 Å². The predicted octanol–water partition coefficient (Wildman–Crippen LogP) is 2.98. The Kier molecular flexibility index (Phi) is 7.25. The number of non-ortho nitro benzene ring substituents is 1. The van der Waals surface area contributed by atoms with Gasteiger partial charge in [-0.1, -0.05) is 30.3 Å². The Morgan fingerprint density at radius 2 is 1.52 bits per heavy atom. The molecule has 0 bridgehead atoms. The number of ether oxygens (including phenoxy) is 2. The quantitative estimate of drug-likeness (QED) is 0.237. The molecule has 0 aliphatic rings. The lowest BCUT2D eigenvalue weighted by molar-refractivity contribution is -0.384. The van der Waals surface area contributed by atoms with Crippen LogP contribution >= 0.6 is 10.5 Å². The summed E-state index contributed by atoms with van der Waals surface area (Å²) in [4.78, 5) is 35.5. The van der Waals surface area contributed by atoms with Gasteiger partial charge in [-0.3, -0.25) is 10.1 Å². The molecular weight excluding hydrogens is 370 g/mol. The van der Waals surface area contributed by atoms with Crippen LogP contribution in [0.4, 0.5) is 5.69 Å². The number of carbonyl (C=O) groups excluding carboxylic acids is 2. The number of nitro benzene ring substituents is 1. The smallest absolute Gasteiger partial charge is 0.351 e. The van der Waals surface area contributed by atoms with Gasteiger partial charge in [-0.05, 0) is 29.9 Å². The van der Waals surface area contributed by atoms with Gasteiger partial charge in [0.25, 0.3) is 5.69 Å². The molecule has 0 saturated carbocycles. The molecule has 0 N–H and O–H groups in total. The SMILES string of the molecule is COC(=O)C(C(=O)OC)=S(CCc1ccc([N+](=O)[O-])cc1)c1ccccc1. The summed E-state index contributed by atoms with van der Waals surface area (Å²) >= 11 is 0. The topological polar surface area (TPSA) is 95.7 Å². The Morgan fingerprint density at radius 3 is 2.00 bits per heavy atom. The van der Waals surface area contributed by atoms with Gasteiger partial charge in [0, 0.05) is 17.0 Å². The molecule has 0 fully saturated rings. The van der Waals surface area contributed by atoms with Crippen LogP contribution in [0.25, 0.3) is 0 Å². The van der Waals surface area contributed by atoms with E-state index in [1.807, 2.05) is 30.3 Å². The number of aryl methyl sites for hydroxylation is 1. The molecule has 27 heavy (non-hydrogen) atoms. The lowest BCUT2D eigenvalue weighted by atomic mass is 10.1. The summed E-state index contributed by atoms with van der Waals surface area (Å²) < 4.78 is 9.57. The van der Waals surface area contributed by atoms with Crippen molar-refractivity contribution in [2.75, 3.05) is 20.0 Å². The zero-order chi connectivity index (χ0) is 19.8. The number of methoxy groups -OCH3 is 2. The van der Waals surface area contributed by atoms with Crippen molar-refractivity contribution >= 4 is 33.0 Å². The fraction of sp³-hybridized carbons (Fsp3) is 0.211. The van der Waals surface area contributed by atoms with Crippen molar-refractivity contribution in [3.8, 4) is 0 Å². The number of nitrogens with zero attached hydrogens (tertiary/aromatic N) is 1. The largest absolute Gasteiger partial charge is 0.465 e. The molecule has 2 rings (SSSR count). The minimum Gasteiger partial charge on any atom is -0.465 e. The summed E-state index contributed by atoms with van der Waals surface area (Å²) in [6, 6.07) is 15.4. The first-order chi connectivity index (χ1) is 13.0. The fourth-order valence-corrected chi connectivity index (χ4v) is 4.57. The zero-order valence-electron chi connectivity index (χ0n) is 14.9. The van der Waals surface area contributed by atoms with E-state index >= 15 is 0 Å². The summed E-state index contributed by atoms with van der Waals surface area (Å²) in [5, 5.41) is 10.8. The second-order valence-corrected chi connectivity index (χ2v) is 7.46. The Morgan fingerprint density at radius 1 is 0.963 bits per heavy atom. The van der Waals surface area contributed by atoms with Crippen molar-refractivity contribution < 1.29 is 24.0 Å². The molecule has 0 amide bonds. The van der Waals surface area contributed by atoms with E-state index in [0.29, 0.717) is 12.2 Å². The zero-order valence-corrected chi connectivity index (χ0v) is 15.7. The molecule has 2 aromatic carbocycles. The van der Waals surface area contributed by atoms with E-state index in [1.54, 1.807) is 12.1 Å². The van der Waals surface area contributed by atoms with Crippen LogP contribution in [0, 0.1) is 10.1 Å². The minimum absolute atomic E-state index is 0.0113. The maximum atomic E-state index is 12.2. The third kappa shape index (κ3) is 5.24. The first kappa shape index (κ1) is 20.3. The number of esters is 2. The second-order valence-electron chi connectivity index (χ2n) is 5.39. The van der Waals surface area contributed by atoms with Crippen LogP contribution in [0.3, 0.4) is 0 Å². The normalized spacial score (nSPS) is 11.3. The second kappa shape index (κ2) is 9.63. The molecule has 0 aliphatic heterocycles. The molecule has 0 saturated heterocycles. The van der Waals surface area contributed by atoms with Gasteiger partial charge in [-0.25, -0.2) is 9.59 Å². The monoisotopic (exact) mass is 389 g/mol. The summed E-state index contributed by atoms with van der Waals surface area (Å²) in [5.74, 6) is -0.989. The van der Waals surface area contributed by atoms with Crippen LogP contribution in [0.1, 0.15) is 5.56 Å². The number of hydrogen-bond acceptors (Lipinski definition) is 6. The third-order valence-electron chi connectivity index (χ3n) is 3.76. The van der Waals surface area contributed by atoms with Crippen molar-refractivity contribution in [3.63, 3.8) is 0 Å². The minimum atomic E-state index is -0.867. The van der Waals surface area contributed by atoms with E-state index in [1.165, 1.54) is 26.4 Å². The van der Waals surface area contributed by atoms with Gasteiger partial charge in [-0.2, -0.15) is 0 Å². The predicted molar refractivity (Wildman–Crippen MR) is 103 cm³/mol. The molecule has 1 unspecified atom stereocenters. The highest BCUT2D eigenvalue weighted by Gasteiger charge is 2.25. The first-order valence-electron chi connectivity index (χ1n) is 8.00. The molecule has 8 heteroatoms. The average molecular weight is 389 g/mol. The van der Waals surface area contributed by atoms with Gasteiger partial charge in [-0.15, -0.1) is 10.5 Å². The van der Waals surface area contributed by atoms with Crippen molar-refractivity contribution in [2.45, 2.75) is 11.3 Å². The van der Waals surface area contributed by atoms with Crippen LogP contribution in [0.5, 0.6) is 0 Å². The van der Waals surface area contributed by atoms with Gasteiger partial charge >= 0.3 is 11.9 Å². The molecule has 0 radical (unpaired) electrons. The fourth-order valence-electron chi connectivity index (χ4n) is 2.40. The maximum absolute atomic E-state index is 12.2. The van der Waals surface area contributed by atoms with Crippen LogP contribution < -0.4 is 0 Å². The number of rotatable bonds is 7. The van der Waals surface area contributed by atoms with Gasteiger partial charge in [0.15, 0.2) is 4.86 Å². The maximum Gasteiger partial charge on any atom is 0.351 e. The molecule has 0 aromatic heterocycles. The summed E-state index contributed by atoms with van der Waals surface area (Å²) in [6.45, 7) is 0.